The molecule has 11 heteroatoms. The molecule has 32 heavy (non-hydrogen) atoms. The number of sulfonamides is 1. The minimum absolute atomic E-state index is 0.0645. The Hall–Kier alpha value is -2.27. The molecule has 1 aliphatic heterocycles. The van der Waals surface area contributed by atoms with Gasteiger partial charge in [0.2, 0.25) is 10.0 Å². The highest BCUT2D eigenvalue weighted by Gasteiger charge is 2.35. The van der Waals surface area contributed by atoms with E-state index in [-0.39, 0.29) is 35.7 Å². The number of nitrogens with zero attached hydrogens (tertiary/aromatic N) is 2. The molecule has 0 spiro atoms. The number of hydrogen-bond donors (Lipinski definition) is 1. The molecule has 1 aromatic heterocycles. The number of rotatable bonds is 8. The fourth-order valence-corrected chi connectivity index (χ4v) is 5.15. The highest BCUT2D eigenvalue weighted by Crippen LogP contribution is 2.35. The van der Waals surface area contributed by atoms with Crippen molar-refractivity contribution in [2.75, 3.05) is 19.4 Å². The Morgan fingerprint density at radius 3 is 2.81 bits per heavy atom. The lowest BCUT2D eigenvalue weighted by Gasteiger charge is -2.24. The number of likely N-dealkylation sites (tertiary alicyclic amines) is 1. The van der Waals surface area contributed by atoms with Gasteiger partial charge in [0.1, 0.15) is 10.8 Å². The molecule has 0 aliphatic carbocycles. The summed E-state index contributed by atoms with van der Waals surface area (Å²) in [5, 5.41) is 2.63. The van der Waals surface area contributed by atoms with E-state index in [4.69, 9.17) is 16.3 Å². The van der Waals surface area contributed by atoms with Crippen LogP contribution in [0.5, 0.6) is 0 Å². The van der Waals surface area contributed by atoms with E-state index in [0.717, 1.165) is 0 Å². The third-order valence-corrected chi connectivity index (χ3v) is 7.69. The number of nitrogens with one attached hydrogen (secondary N) is 1. The standard InChI is InChI=1S/C21H23ClFN3O4S2/c1-4-32(28,29)25-16-11-19(26(12-16)13(2)20-24-7-8-31-20)17(21(27)30-3)9-14-5-6-15(23)10-18(14)22/h5-8,10,16,25H,2,4,9,11-12H2,1,3H3/b19-17+/t16-/m0/s1. The third kappa shape index (κ3) is 5.55. The van der Waals surface area contributed by atoms with Crippen LogP contribution in [0.25, 0.3) is 5.70 Å². The second-order valence-corrected chi connectivity index (χ2v) is 10.5. The van der Waals surface area contributed by atoms with E-state index in [1.165, 1.54) is 36.6 Å². The number of methoxy groups -OCH3 is 1. The number of carbonyl (C=O) groups excluding carboxylic acids is 1. The number of thiazole rings is 1. The summed E-state index contributed by atoms with van der Waals surface area (Å²) in [5.74, 6) is -1.14. The molecule has 0 bridgehead atoms. The van der Waals surface area contributed by atoms with Crippen LogP contribution >= 0.6 is 22.9 Å². The quantitative estimate of drug-likeness (QED) is 0.441. The van der Waals surface area contributed by atoms with Crippen molar-refractivity contribution in [1.29, 1.82) is 0 Å². The first-order valence-corrected chi connectivity index (χ1v) is 12.7. The van der Waals surface area contributed by atoms with Gasteiger partial charge in [-0.2, -0.15) is 0 Å². The van der Waals surface area contributed by atoms with E-state index in [9.17, 15) is 17.6 Å². The fraction of sp³-hybridized carbons (Fsp3) is 0.333. The van der Waals surface area contributed by atoms with Gasteiger partial charge in [-0.1, -0.05) is 24.2 Å². The van der Waals surface area contributed by atoms with Gasteiger partial charge >= 0.3 is 5.97 Å². The first-order chi connectivity index (χ1) is 15.1. The summed E-state index contributed by atoms with van der Waals surface area (Å²) in [7, 11) is -2.21. The minimum Gasteiger partial charge on any atom is -0.466 e. The van der Waals surface area contributed by atoms with E-state index >= 15 is 0 Å². The number of halogens is 2. The fourth-order valence-electron chi connectivity index (χ4n) is 3.47. The van der Waals surface area contributed by atoms with Crippen LogP contribution < -0.4 is 4.72 Å². The van der Waals surface area contributed by atoms with Crippen molar-refractivity contribution >= 4 is 44.6 Å². The molecule has 1 fully saturated rings. The van der Waals surface area contributed by atoms with Crippen molar-refractivity contribution in [2.24, 2.45) is 0 Å². The Labute approximate surface area is 195 Å². The molecule has 0 unspecified atom stereocenters. The lowest BCUT2D eigenvalue weighted by atomic mass is 10.0. The average Bonchev–Trinajstić information content (AvgIpc) is 3.42. The van der Waals surface area contributed by atoms with Crippen molar-refractivity contribution in [2.45, 2.75) is 25.8 Å². The lowest BCUT2D eigenvalue weighted by molar-refractivity contribution is -0.136. The number of carbonyl (C=O) groups is 1. The predicted molar refractivity (Wildman–Crippen MR) is 123 cm³/mol. The summed E-state index contributed by atoms with van der Waals surface area (Å²) in [6, 6.07) is 3.47. The molecule has 7 nitrogen and oxygen atoms in total. The first kappa shape index (κ1) is 24.4. The largest absolute Gasteiger partial charge is 0.466 e. The van der Waals surface area contributed by atoms with Crippen LogP contribution in [0, 0.1) is 5.82 Å². The van der Waals surface area contributed by atoms with Crippen molar-refractivity contribution in [3.8, 4) is 0 Å². The molecular formula is C21H23ClFN3O4S2. The van der Waals surface area contributed by atoms with Gasteiger partial charge < -0.3 is 9.64 Å². The molecule has 2 aromatic rings. The van der Waals surface area contributed by atoms with Crippen molar-refractivity contribution < 1.29 is 22.3 Å². The Morgan fingerprint density at radius 1 is 1.47 bits per heavy atom. The van der Waals surface area contributed by atoms with Crippen LogP contribution in [-0.2, 0) is 26.0 Å². The summed E-state index contributed by atoms with van der Waals surface area (Å²) < 4.78 is 45.5. The van der Waals surface area contributed by atoms with Crippen molar-refractivity contribution in [3.63, 3.8) is 0 Å². The van der Waals surface area contributed by atoms with Gasteiger partial charge in [-0.3, -0.25) is 0 Å². The summed E-state index contributed by atoms with van der Waals surface area (Å²) >= 11 is 7.58. The van der Waals surface area contributed by atoms with Crippen LogP contribution in [0.2, 0.25) is 5.02 Å². The summed E-state index contributed by atoms with van der Waals surface area (Å²) in [6.07, 6.45) is 1.96. The molecule has 2 heterocycles. The van der Waals surface area contributed by atoms with Gasteiger partial charge in [0, 0.05) is 47.7 Å². The van der Waals surface area contributed by atoms with Gasteiger partial charge in [0.05, 0.1) is 24.1 Å². The Bertz CT molecular complexity index is 1150. The summed E-state index contributed by atoms with van der Waals surface area (Å²) in [5.41, 5.74) is 1.93. The minimum atomic E-state index is -3.47. The second-order valence-electron chi connectivity index (χ2n) is 7.15. The van der Waals surface area contributed by atoms with E-state index in [0.29, 0.717) is 22.0 Å². The molecule has 1 aromatic carbocycles. The Morgan fingerprint density at radius 2 is 2.22 bits per heavy atom. The molecule has 172 valence electrons. The highest BCUT2D eigenvalue weighted by atomic mass is 35.5. The van der Waals surface area contributed by atoms with Crippen LogP contribution in [-0.4, -0.2) is 49.7 Å². The second kappa shape index (κ2) is 10.1. The smallest absolute Gasteiger partial charge is 0.335 e. The Kier molecular flexibility index (Phi) is 7.71. The molecule has 1 atom stereocenters. The van der Waals surface area contributed by atoms with Crippen LogP contribution in [0.3, 0.4) is 0 Å². The molecule has 0 saturated carbocycles. The number of aromatic nitrogens is 1. The summed E-state index contributed by atoms with van der Waals surface area (Å²) in [4.78, 5) is 18.8. The predicted octanol–water partition coefficient (Wildman–Crippen LogP) is 3.59. The van der Waals surface area contributed by atoms with Gasteiger partial charge in [-0.15, -0.1) is 11.3 Å². The van der Waals surface area contributed by atoms with Crippen LogP contribution in [0.1, 0.15) is 23.9 Å². The van der Waals surface area contributed by atoms with Crippen molar-refractivity contribution in [3.05, 3.63) is 69.0 Å². The molecule has 1 aliphatic rings. The van der Waals surface area contributed by atoms with Gasteiger partial charge in [0.25, 0.3) is 0 Å². The molecule has 3 rings (SSSR count). The number of benzene rings is 1. The highest BCUT2D eigenvalue weighted by molar-refractivity contribution is 7.89. The number of ether oxygens (including phenoxy) is 1. The SMILES string of the molecule is C=C(c1nccs1)N1C[C@@H](NS(=O)(=O)CC)C/C1=C(/Cc1ccc(F)cc1Cl)C(=O)OC. The van der Waals surface area contributed by atoms with Crippen molar-refractivity contribution in [1.82, 2.24) is 14.6 Å². The zero-order chi connectivity index (χ0) is 23.5. The maximum atomic E-state index is 13.5. The number of esters is 1. The van der Waals surface area contributed by atoms with E-state index < -0.39 is 27.9 Å². The Balaban J connectivity index is 2.07. The first-order valence-electron chi connectivity index (χ1n) is 9.75. The lowest BCUT2D eigenvalue weighted by Crippen LogP contribution is -2.37. The van der Waals surface area contributed by atoms with Crippen LogP contribution in [0.15, 0.2) is 47.6 Å². The van der Waals surface area contributed by atoms with Gasteiger partial charge in [-0.05, 0) is 24.6 Å². The monoisotopic (exact) mass is 499 g/mol. The van der Waals surface area contributed by atoms with E-state index in [1.54, 1.807) is 23.4 Å². The van der Waals surface area contributed by atoms with E-state index in [1.807, 2.05) is 0 Å². The maximum absolute atomic E-state index is 13.5. The topological polar surface area (TPSA) is 88.6 Å². The summed E-state index contributed by atoms with van der Waals surface area (Å²) in [6.45, 7) is 5.94. The van der Waals surface area contributed by atoms with Gasteiger partial charge in [-0.25, -0.2) is 27.3 Å². The normalized spacial score (nSPS) is 18.0. The average molecular weight is 500 g/mol. The molecule has 1 saturated heterocycles. The zero-order valence-corrected chi connectivity index (χ0v) is 20.0. The molecular weight excluding hydrogens is 477 g/mol. The number of hydrogen-bond acceptors (Lipinski definition) is 7. The van der Waals surface area contributed by atoms with Gasteiger partial charge in [0.15, 0.2) is 0 Å². The molecule has 0 radical (unpaired) electrons. The van der Waals surface area contributed by atoms with E-state index in [2.05, 4.69) is 16.3 Å². The molecule has 0 amide bonds. The molecule has 1 N–H and O–H groups in total. The maximum Gasteiger partial charge on any atom is 0.335 e. The third-order valence-electron chi connectivity index (χ3n) is 5.06. The zero-order valence-electron chi connectivity index (χ0n) is 17.6. The van der Waals surface area contributed by atoms with Crippen LogP contribution in [0.4, 0.5) is 4.39 Å².